The van der Waals surface area contributed by atoms with Gasteiger partial charge in [-0.1, -0.05) is 31.4 Å². The maximum Gasteiger partial charge on any atom is 0.263 e. The van der Waals surface area contributed by atoms with Gasteiger partial charge in [-0.05, 0) is 30.7 Å². The lowest BCUT2D eigenvalue weighted by molar-refractivity contribution is -0.125. The third-order valence-electron chi connectivity index (χ3n) is 6.38. The number of aromatic amines is 1. The zero-order chi connectivity index (χ0) is 26.2. The van der Waals surface area contributed by atoms with Crippen molar-refractivity contribution in [3.8, 4) is 17.4 Å². The summed E-state index contributed by atoms with van der Waals surface area (Å²) in [4.78, 5) is 44.9. The van der Waals surface area contributed by atoms with E-state index < -0.39 is 0 Å². The van der Waals surface area contributed by atoms with Crippen LogP contribution in [0, 0.1) is 0 Å². The molecule has 1 atom stereocenters. The van der Waals surface area contributed by atoms with Crippen LogP contribution in [0.4, 0.5) is 0 Å². The van der Waals surface area contributed by atoms with Crippen molar-refractivity contribution in [1.29, 1.82) is 0 Å². The van der Waals surface area contributed by atoms with Crippen molar-refractivity contribution in [3.63, 3.8) is 0 Å². The zero-order valence-electron chi connectivity index (χ0n) is 20.3. The second kappa shape index (κ2) is 9.60. The molecule has 2 amide bonds. The van der Waals surface area contributed by atoms with Gasteiger partial charge in [-0.15, -0.1) is 11.3 Å². The van der Waals surface area contributed by atoms with Crippen molar-refractivity contribution in [2.24, 2.45) is 0 Å². The van der Waals surface area contributed by atoms with Crippen molar-refractivity contribution in [2.75, 3.05) is 13.1 Å². The molecule has 10 nitrogen and oxygen atoms in total. The first kappa shape index (κ1) is 23.6. The molecule has 1 unspecified atom stereocenters. The summed E-state index contributed by atoms with van der Waals surface area (Å²) in [5.74, 6) is 1.22. The van der Waals surface area contributed by atoms with Gasteiger partial charge in [0.1, 0.15) is 20.9 Å². The molecule has 6 rings (SSSR count). The topological polar surface area (TPSA) is 118 Å². The third kappa shape index (κ3) is 4.22. The minimum atomic E-state index is -0.220. The lowest BCUT2D eigenvalue weighted by Crippen LogP contribution is -2.38. The number of carbonyl (C=O) groups excluding carboxylic acids is 2. The molecule has 0 radical (unpaired) electrons. The number of thiophene rings is 1. The first-order valence-electron chi connectivity index (χ1n) is 12.0. The molecule has 0 spiro atoms. The van der Waals surface area contributed by atoms with Crippen molar-refractivity contribution >= 4 is 51.0 Å². The molecule has 1 aliphatic rings. The van der Waals surface area contributed by atoms with Gasteiger partial charge in [0.05, 0.1) is 28.8 Å². The van der Waals surface area contributed by atoms with E-state index in [1.54, 1.807) is 23.5 Å². The van der Waals surface area contributed by atoms with Gasteiger partial charge in [0.15, 0.2) is 5.82 Å². The quantitative estimate of drug-likeness (QED) is 0.328. The van der Waals surface area contributed by atoms with Crippen LogP contribution in [0.25, 0.3) is 33.6 Å². The number of hydrogen-bond acceptors (Lipinski definition) is 7. The Morgan fingerprint density at radius 3 is 2.76 bits per heavy atom. The van der Waals surface area contributed by atoms with Crippen LogP contribution < -0.4 is 15.5 Å². The summed E-state index contributed by atoms with van der Waals surface area (Å²) >= 11 is 1.30. The predicted molar refractivity (Wildman–Crippen MR) is 145 cm³/mol. The highest BCUT2D eigenvalue weighted by atomic mass is 32.1. The highest BCUT2D eigenvalue weighted by molar-refractivity contribution is 7.21. The summed E-state index contributed by atoms with van der Waals surface area (Å²) in [5.41, 5.74) is 1.96. The molecule has 1 aromatic carbocycles. The van der Waals surface area contributed by atoms with E-state index in [0.717, 1.165) is 10.9 Å². The van der Waals surface area contributed by atoms with Gasteiger partial charge < -0.3 is 19.9 Å². The van der Waals surface area contributed by atoms with Crippen molar-refractivity contribution in [3.05, 3.63) is 78.0 Å². The Morgan fingerprint density at radius 1 is 1.16 bits per heavy atom. The number of benzene rings is 1. The summed E-state index contributed by atoms with van der Waals surface area (Å²) in [7, 11) is 0. The zero-order valence-corrected chi connectivity index (χ0v) is 21.1. The van der Waals surface area contributed by atoms with E-state index in [1.165, 1.54) is 17.4 Å². The molecule has 2 N–H and O–H groups in total. The molecule has 0 bridgehead atoms. The molecule has 0 saturated carbocycles. The Labute approximate surface area is 220 Å². The number of pyridine rings is 1. The van der Waals surface area contributed by atoms with Crippen LogP contribution in [0.5, 0.6) is 11.6 Å². The van der Waals surface area contributed by atoms with E-state index in [0.29, 0.717) is 57.7 Å². The second-order valence-electron chi connectivity index (χ2n) is 8.80. The van der Waals surface area contributed by atoms with Gasteiger partial charge in [0, 0.05) is 25.3 Å². The normalized spacial score (nSPS) is 15.2. The van der Waals surface area contributed by atoms with E-state index in [9.17, 15) is 9.59 Å². The number of H-pyrrole nitrogens is 1. The van der Waals surface area contributed by atoms with E-state index in [-0.39, 0.29) is 17.9 Å². The van der Waals surface area contributed by atoms with Gasteiger partial charge in [-0.2, -0.15) is 0 Å². The van der Waals surface area contributed by atoms with Crippen LogP contribution in [0.1, 0.15) is 16.1 Å². The molecule has 190 valence electrons. The monoisotopic (exact) mass is 525 g/mol. The fourth-order valence-electron chi connectivity index (χ4n) is 4.62. The van der Waals surface area contributed by atoms with Gasteiger partial charge in [-0.3, -0.25) is 14.2 Å². The summed E-state index contributed by atoms with van der Waals surface area (Å²) in [6.45, 7) is 8.76. The smallest absolute Gasteiger partial charge is 0.263 e. The van der Waals surface area contributed by atoms with Gasteiger partial charge in [0.25, 0.3) is 5.91 Å². The van der Waals surface area contributed by atoms with Crippen LogP contribution in [-0.2, 0) is 4.79 Å². The molecule has 5 aromatic rings. The Balaban J connectivity index is 1.32. The number of carbonyl (C=O) groups is 2. The van der Waals surface area contributed by atoms with Crippen molar-refractivity contribution < 1.29 is 14.3 Å². The largest absolute Gasteiger partial charge is 0.438 e. The lowest BCUT2D eigenvalue weighted by atomic mass is 10.2. The molecule has 4 aromatic heterocycles. The van der Waals surface area contributed by atoms with Gasteiger partial charge in [-0.25, -0.2) is 15.0 Å². The van der Waals surface area contributed by atoms with Crippen LogP contribution in [0.3, 0.4) is 0 Å². The highest BCUT2D eigenvalue weighted by Crippen LogP contribution is 2.33. The van der Waals surface area contributed by atoms with Gasteiger partial charge >= 0.3 is 0 Å². The lowest BCUT2D eigenvalue weighted by Gasteiger charge is -2.15. The fraction of sp³-hybridized carbons (Fsp3) is 0.148. The molecule has 1 aliphatic heterocycles. The molecule has 11 heteroatoms. The van der Waals surface area contributed by atoms with E-state index in [1.807, 2.05) is 41.0 Å². The summed E-state index contributed by atoms with van der Waals surface area (Å²) in [6, 6.07) is 11.1. The number of para-hydroxylation sites is 1. The van der Waals surface area contributed by atoms with Crippen LogP contribution in [-0.4, -0.2) is 60.3 Å². The van der Waals surface area contributed by atoms with Gasteiger partial charge in [0.2, 0.25) is 11.8 Å². The Hall–Kier alpha value is -4.77. The minimum Gasteiger partial charge on any atom is -0.438 e. The number of aromatic nitrogens is 5. The number of ether oxygens (including phenoxy) is 1. The standard InChI is InChI=1S/C27H23N7O3S/c1-3-22(35)33-12-10-17(15-33)32-26(36)25-24-23-19(9-11-28-27(23)38-25)34(16(2)31-24)20-13-30-21(14-29-20)37-18-7-5-4-6-8-18/h3-9,11,13-14,17,31H,1-2,10,12,15H2,(H,32,36). The summed E-state index contributed by atoms with van der Waals surface area (Å²) in [6.07, 6.45) is 6.84. The molecule has 0 aliphatic carbocycles. The van der Waals surface area contributed by atoms with Crippen LogP contribution in [0.15, 0.2) is 67.6 Å². The average Bonchev–Trinajstić information content (AvgIpc) is 3.55. The first-order valence-corrected chi connectivity index (χ1v) is 12.8. The number of nitrogens with one attached hydrogen (secondary N) is 2. The van der Waals surface area contributed by atoms with Crippen LogP contribution >= 0.6 is 11.3 Å². The van der Waals surface area contributed by atoms with Crippen molar-refractivity contribution in [2.45, 2.75) is 12.5 Å². The third-order valence-corrected chi connectivity index (χ3v) is 7.47. The maximum atomic E-state index is 13.3. The Morgan fingerprint density at radius 2 is 2.00 bits per heavy atom. The summed E-state index contributed by atoms with van der Waals surface area (Å²) < 4.78 is 7.60. The highest BCUT2D eigenvalue weighted by Gasteiger charge is 2.28. The Bertz CT molecular complexity index is 1740. The van der Waals surface area contributed by atoms with Crippen molar-refractivity contribution in [1.82, 2.24) is 34.7 Å². The SMILES string of the molecule is C=CC(=O)N1CCC(NC(=O)c2sc3nccc4c3c2[nH]c(=C)n4-c2cnc(Oc3ccccc3)cn2)C1. The average molecular weight is 526 g/mol. The minimum absolute atomic E-state index is 0.131. The molecule has 1 saturated heterocycles. The fourth-order valence-corrected chi connectivity index (χ4v) is 5.65. The summed E-state index contributed by atoms with van der Waals surface area (Å²) in [5, 5.41) is 3.87. The van der Waals surface area contributed by atoms with E-state index >= 15 is 0 Å². The first-order chi connectivity index (χ1) is 18.5. The number of hydrogen-bond donors (Lipinski definition) is 2. The van der Waals surface area contributed by atoms with Crippen LogP contribution in [0.2, 0.25) is 0 Å². The number of nitrogens with zero attached hydrogens (tertiary/aromatic N) is 5. The number of likely N-dealkylation sites (tertiary alicyclic amines) is 1. The Kier molecular flexibility index (Phi) is 5.97. The van der Waals surface area contributed by atoms with E-state index in [2.05, 4.69) is 38.4 Å². The second-order valence-corrected chi connectivity index (χ2v) is 9.80. The molecule has 38 heavy (non-hydrogen) atoms. The number of amides is 2. The molecule has 1 fully saturated rings. The molecular weight excluding hydrogens is 502 g/mol. The number of rotatable bonds is 6. The molecular formula is C27H23N7O3S. The van der Waals surface area contributed by atoms with E-state index in [4.69, 9.17) is 4.74 Å². The maximum absolute atomic E-state index is 13.3. The predicted octanol–water partition coefficient (Wildman–Crippen LogP) is 3.36. The molecule has 5 heterocycles.